The lowest BCUT2D eigenvalue weighted by Gasteiger charge is -2.28. The maximum Gasteiger partial charge on any atom is 0.163 e. The second kappa shape index (κ2) is 7.51. The SMILES string of the molecule is CC(NC(O)N1CCC2(CCn3nc(-c4cnc5ccccc5c4)cc32)C1)c1ccon1. The Morgan fingerprint density at radius 3 is 2.91 bits per heavy atom. The van der Waals surface area contributed by atoms with Crippen molar-refractivity contribution in [2.24, 2.45) is 0 Å². The van der Waals surface area contributed by atoms with Crippen LogP contribution in [0.5, 0.6) is 0 Å². The first-order valence-corrected chi connectivity index (χ1v) is 11.1. The number of aromatic nitrogens is 4. The molecule has 3 atom stereocenters. The maximum atomic E-state index is 10.8. The molecule has 1 spiro atoms. The number of hydrogen-bond acceptors (Lipinski definition) is 7. The Bertz CT molecular complexity index is 1250. The van der Waals surface area contributed by atoms with Crippen molar-refractivity contribution < 1.29 is 9.63 Å². The zero-order valence-corrected chi connectivity index (χ0v) is 18.0. The third-order valence-electron chi connectivity index (χ3n) is 7.04. The number of likely N-dealkylation sites (tertiary alicyclic amines) is 1. The van der Waals surface area contributed by atoms with Gasteiger partial charge in [0, 0.05) is 54.0 Å². The third-order valence-corrected chi connectivity index (χ3v) is 7.04. The zero-order chi connectivity index (χ0) is 21.7. The molecule has 0 bridgehead atoms. The quantitative estimate of drug-likeness (QED) is 0.470. The van der Waals surface area contributed by atoms with Crippen LogP contribution >= 0.6 is 0 Å². The molecule has 1 saturated heterocycles. The minimum absolute atomic E-state index is 0.0231. The number of benzene rings is 1. The monoisotopic (exact) mass is 430 g/mol. The van der Waals surface area contributed by atoms with Crippen LogP contribution in [0.25, 0.3) is 22.2 Å². The second-order valence-electron chi connectivity index (χ2n) is 8.99. The van der Waals surface area contributed by atoms with Crippen LogP contribution in [-0.4, -0.2) is 49.4 Å². The fraction of sp³-hybridized carbons (Fsp3) is 0.375. The van der Waals surface area contributed by atoms with Gasteiger partial charge in [0.05, 0.1) is 17.3 Å². The Kier molecular flexibility index (Phi) is 4.60. The van der Waals surface area contributed by atoms with Crippen molar-refractivity contribution in [3.05, 3.63) is 66.3 Å². The van der Waals surface area contributed by atoms with Crippen molar-refractivity contribution in [2.45, 2.75) is 44.1 Å². The third kappa shape index (κ3) is 3.23. The molecule has 1 fully saturated rings. The highest BCUT2D eigenvalue weighted by Gasteiger charge is 2.47. The molecule has 0 radical (unpaired) electrons. The van der Waals surface area contributed by atoms with Crippen molar-refractivity contribution >= 4 is 10.9 Å². The van der Waals surface area contributed by atoms with E-state index in [1.54, 1.807) is 6.26 Å². The normalized spacial score (nSPS) is 22.6. The number of pyridine rings is 1. The predicted octanol–water partition coefficient (Wildman–Crippen LogP) is 3.06. The first-order chi connectivity index (χ1) is 15.6. The van der Waals surface area contributed by atoms with Gasteiger partial charge in [-0.05, 0) is 38.0 Å². The van der Waals surface area contributed by atoms with Gasteiger partial charge in [-0.2, -0.15) is 5.10 Å². The van der Waals surface area contributed by atoms with Crippen molar-refractivity contribution in [3.8, 4) is 11.3 Å². The van der Waals surface area contributed by atoms with E-state index in [0.717, 1.165) is 60.3 Å². The first kappa shape index (κ1) is 19.6. The molecule has 164 valence electrons. The molecule has 2 aliphatic rings. The number of aliphatic hydroxyl groups is 1. The fourth-order valence-corrected chi connectivity index (χ4v) is 5.20. The van der Waals surface area contributed by atoms with Gasteiger partial charge in [0.25, 0.3) is 0 Å². The van der Waals surface area contributed by atoms with Crippen LogP contribution in [0.3, 0.4) is 0 Å². The summed E-state index contributed by atoms with van der Waals surface area (Å²) in [6, 6.07) is 14.2. The summed E-state index contributed by atoms with van der Waals surface area (Å²) in [5, 5.41) is 24.0. The summed E-state index contributed by atoms with van der Waals surface area (Å²) in [6.07, 6.45) is 4.78. The lowest BCUT2D eigenvalue weighted by Crippen LogP contribution is -2.46. The van der Waals surface area contributed by atoms with Gasteiger partial charge < -0.3 is 9.63 Å². The summed E-state index contributed by atoms with van der Waals surface area (Å²) in [7, 11) is 0. The molecule has 8 nitrogen and oxygen atoms in total. The highest BCUT2D eigenvalue weighted by molar-refractivity contribution is 5.82. The van der Waals surface area contributed by atoms with E-state index in [1.807, 2.05) is 37.4 Å². The smallest absolute Gasteiger partial charge is 0.163 e. The summed E-state index contributed by atoms with van der Waals surface area (Å²) < 4.78 is 7.07. The molecule has 8 heteroatoms. The number of rotatable bonds is 5. The van der Waals surface area contributed by atoms with Crippen LogP contribution in [0.15, 0.2) is 59.4 Å². The molecular formula is C24H26N6O2. The van der Waals surface area contributed by atoms with Gasteiger partial charge in [-0.3, -0.25) is 19.9 Å². The van der Waals surface area contributed by atoms with E-state index in [4.69, 9.17) is 9.62 Å². The van der Waals surface area contributed by atoms with Crippen LogP contribution in [-0.2, 0) is 12.0 Å². The maximum absolute atomic E-state index is 10.8. The van der Waals surface area contributed by atoms with Gasteiger partial charge in [-0.15, -0.1) is 0 Å². The molecule has 3 aromatic heterocycles. The minimum Gasteiger partial charge on any atom is -0.365 e. The molecule has 6 rings (SSSR count). The summed E-state index contributed by atoms with van der Waals surface area (Å²) in [6.45, 7) is 4.51. The summed E-state index contributed by atoms with van der Waals surface area (Å²) in [4.78, 5) is 6.71. The molecule has 32 heavy (non-hydrogen) atoms. The zero-order valence-electron chi connectivity index (χ0n) is 18.0. The first-order valence-electron chi connectivity index (χ1n) is 11.1. The standard InChI is InChI=1S/C24H26N6O2/c1-16(19-6-11-32-28-19)26-23(31)29-9-7-24(15-29)8-10-30-22(24)13-21(27-30)18-12-17-4-2-3-5-20(17)25-14-18/h2-6,11-14,16,23,26,31H,7-10,15H2,1H3. The number of nitrogens with zero attached hydrogens (tertiary/aromatic N) is 5. The van der Waals surface area contributed by atoms with Crippen molar-refractivity contribution in [3.63, 3.8) is 0 Å². The summed E-state index contributed by atoms with van der Waals surface area (Å²) in [5.74, 6) is 0. The predicted molar refractivity (Wildman–Crippen MR) is 120 cm³/mol. The summed E-state index contributed by atoms with van der Waals surface area (Å²) >= 11 is 0. The fourth-order valence-electron chi connectivity index (χ4n) is 5.20. The lowest BCUT2D eigenvalue weighted by atomic mass is 9.82. The molecule has 5 heterocycles. The lowest BCUT2D eigenvalue weighted by molar-refractivity contribution is -0.0188. The van der Waals surface area contributed by atoms with E-state index in [1.165, 1.54) is 5.69 Å². The van der Waals surface area contributed by atoms with Gasteiger partial charge in [-0.1, -0.05) is 23.4 Å². The number of para-hydroxylation sites is 1. The van der Waals surface area contributed by atoms with Crippen LogP contribution in [0.1, 0.15) is 37.2 Å². The van der Waals surface area contributed by atoms with E-state index in [0.29, 0.717) is 0 Å². The average molecular weight is 431 g/mol. The molecule has 0 aliphatic carbocycles. The van der Waals surface area contributed by atoms with E-state index in [2.05, 4.69) is 43.2 Å². The van der Waals surface area contributed by atoms with Crippen LogP contribution < -0.4 is 5.32 Å². The Morgan fingerprint density at radius 2 is 2.03 bits per heavy atom. The van der Waals surface area contributed by atoms with E-state index >= 15 is 0 Å². The van der Waals surface area contributed by atoms with Crippen LogP contribution in [0, 0.1) is 0 Å². The van der Waals surface area contributed by atoms with Crippen LogP contribution in [0.2, 0.25) is 0 Å². The highest BCUT2D eigenvalue weighted by Crippen LogP contribution is 2.44. The number of hydrogen-bond donors (Lipinski definition) is 2. The van der Waals surface area contributed by atoms with E-state index in [-0.39, 0.29) is 11.5 Å². The molecule has 1 aromatic carbocycles. The minimum atomic E-state index is -0.734. The van der Waals surface area contributed by atoms with Gasteiger partial charge in [0.1, 0.15) is 12.0 Å². The topological polar surface area (TPSA) is 92.2 Å². The molecular weight excluding hydrogens is 404 g/mol. The Hall–Kier alpha value is -3.07. The average Bonchev–Trinajstić information content (AvgIpc) is 3.60. The Labute approximate surface area is 185 Å². The van der Waals surface area contributed by atoms with Gasteiger partial charge in [-0.25, -0.2) is 0 Å². The molecule has 2 N–H and O–H groups in total. The molecule has 3 unspecified atom stereocenters. The number of fused-ring (bicyclic) bond motifs is 3. The van der Waals surface area contributed by atoms with E-state index < -0.39 is 6.35 Å². The van der Waals surface area contributed by atoms with Crippen molar-refractivity contribution in [2.75, 3.05) is 13.1 Å². The Morgan fingerprint density at radius 1 is 1.16 bits per heavy atom. The van der Waals surface area contributed by atoms with Gasteiger partial charge >= 0.3 is 0 Å². The van der Waals surface area contributed by atoms with Gasteiger partial charge in [0.2, 0.25) is 0 Å². The number of aliphatic hydroxyl groups excluding tert-OH is 1. The largest absolute Gasteiger partial charge is 0.365 e. The highest BCUT2D eigenvalue weighted by atomic mass is 16.5. The number of aryl methyl sites for hydroxylation is 1. The van der Waals surface area contributed by atoms with Crippen molar-refractivity contribution in [1.29, 1.82) is 0 Å². The summed E-state index contributed by atoms with van der Waals surface area (Å²) in [5.41, 5.74) is 5.07. The van der Waals surface area contributed by atoms with Crippen LogP contribution in [0.4, 0.5) is 0 Å². The van der Waals surface area contributed by atoms with Crippen molar-refractivity contribution in [1.82, 2.24) is 30.1 Å². The molecule has 0 saturated carbocycles. The Balaban J connectivity index is 1.22. The van der Waals surface area contributed by atoms with Gasteiger partial charge in [0.15, 0.2) is 6.35 Å². The van der Waals surface area contributed by atoms with E-state index in [9.17, 15) is 5.11 Å². The second-order valence-corrected chi connectivity index (χ2v) is 8.99. The number of nitrogens with one attached hydrogen (secondary N) is 1. The molecule has 2 aliphatic heterocycles. The molecule has 0 amide bonds. The molecule has 4 aromatic rings.